The topological polar surface area (TPSA) is 104 Å². The van der Waals surface area contributed by atoms with Gasteiger partial charge in [-0.3, -0.25) is 18.7 Å². The first-order valence-corrected chi connectivity index (χ1v) is 14.5. The van der Waals surface area contributed by atoms with E-state index in [0.717, 1.165) is 53.8 Å². The van der Waals surface area contributed by atoms with Crippen LogP contribution in [0.2, 0.25) is 0 Å². The fourth-order valence-electron chi connectivity index (χ4n) is 4.54. The number of rotatable bonds is 10. The first-order chi connectivity index (χ1) is 17.5. The van der Waals surface area contributed by atoms with E-state index in [1.54, 1.807) is 25.1 Å². The Hall–Kier alpha value is -3.20. The first kappa shape index (κ1) is 28.4. The number of ketones is 1. The van der Waals surface area contributed by atoms with Crippen molar-refractivity contribution < 1.29 is 22.8 Å². The molecule has 0 unspecified atom stereocenters. The van der Waals surface area contributed by atoms with Crippen LogP contribution in [0, 0.1) is 6.92 Å². The number of hydrogen-bond acceptors (Lipinski definition) is 5. The number of nitrogens with zero attached hydrogens (tertiary/aromatic N) is 2. The first-order valence-electron chi connectivity index (χ1n) is 12.7. The van der Waals surface area contributed by atoms with Gasteiger partial charge in [-0.25, -0.2) is 8.42 Å². The van der Waals surface area contributed by atoms with Gasteiger partial charge >= 0.3 is 0 Å². The van der Waals surface area contributed by atoms with E-state index in [9.17, 15) is 22.8 Å². The summed E-state index contributed by atoms with van der Waals surface area (Å²) in [4.78, 5) is 40.2. The summed E-state index contributed by atoms with van der Waals surface area (Å²) in [7, 11) is -3.86. The zero-order valence-corrected chi connectivity index (χ0v) is 22.9. The second-order valence-electron chi connectivity index (χ2n) is 9.90. The zero-order chi connectivity index (χ0) is 27.2. The predicted molar refractivity (Wildman–Crippen MR) is 145 cm³/mol. The Bertz CT molecular complexity index is 1220. The second kappa shape index (κ2) is 12.4. The Morgan fingerprint density at radius 3 is 2.27 bits per heavy atom. The van der Waals surface area contributed by atoms with Crippen LogP contribution in [0.4, 0.5) is 5.69 Å². The molecule has 0 saturated heterocycles. The molecule has 1 aliphatic carbocycles. The van der Waals surface area contributed by atoms with Gasteiger partial charge in [-0.2, -0.15) is 0 Å². The monoisotopic (exact) mass is 527 g/mol. The molecule has 0 aromatic heterocycles. The molecule has 2 amide bonds. The number of Topliss-reactive ketones (excluding diaryl/α,β-unsaturated/α-hetero) is 1. The average Bonchev–Trinajstić information content (AvgIpc) is 2.86. The maximum absolute atomic E-state index is 13.7. The lowest BCUT2D eigenvalue weighted by Crippen LogP contribution is -2.53. The Morgan fingerprint density at radius 1 is 1.03 bits per heavy atom. The van der Waals surface area contributed by atoms with E-state index < -0.39 is 28.5 Å². The van der Waals surface area contributed by atoms with Crippen LogP contribution in [0.25, 0.3) is 0 Å². The lowest BCUT2D eigenvalue weighted by atomic mass is 9.95. The molecular formula is C28H37N3O5S. The molecule has 37 heavy (non-hydrogen) atoms. The summed E-state index contributed by atoms with van der Waals surface area (Å²) in [5.74, 6) is -0.974. The number of amides is 2. The summed E-state index contributed by atoms with van der Waals surface area (Å²) in [6.45, 7) is 4.69. The van der Waals surface area contributed by atoms with E-state index in [1.165, 1.54) is 17.9 Å². The third-order valence-electron chi connectivity index (χ3n) is 6.81. The number of sulfonamides is 1. The van der Waals surface area contributed by atoms with Gasteiger partial charge in [-0.1, -0.05) is 61.2 Å². The van der Waals surface area contributed by atoms with Gasteiger partial charge in [-0.05, 0) is 51.3 Å². The van der Waals surface area contributed by atoms with Gasteiger partial charge in [0, 0.05) is 18.2 Å². The van der Waals surface area contributed by atoms with Crippen LogP contribution in [-0.4, -0.2) is 55.8 Å². The average molecular weight is 528 g/mol. The molecule has 200 valence electrons. The van der Waals surface area contributed by atoms with Crippen LogP contribution in [0.5, 0.6) is 0 Å². The van der Waals surface area contributed by atoms with Gasteiger partial charge in [-0.15, -0.1) is 0 Å². The highest BCUT2D eigenvalue weighted by Crippen LogP contribution is 2.22. The summed E-state index contributed by atoms with van der Waals surface area (Å²) >= 11 is 0. The van der Waals surface area contributed by atoms with Crippen LogP contribution in [-0.2, 0) is 26.2 Å². The Kier molecular flexibility index (Phi) is 9.48. The van der Waals surface area contributed by atoms with E-state index in [-0.39, 0.29) is 30.0 Å². The summed E-state index contributed by atoms with van der Waals surface area (Å²) < 4.78 is 26.4. The Labute approximate surface area is 220 Å². The molecule has 8 nitrogen and oxygen atoms in total. The molecule has 0 radical (unpaired) electrons. The lowest BCUT2D eigenvalue weighted by Gasteiger charge is -2.33. The summed E-state index contributed by atoms with van der Waals surface area (Å²) in [5, 5.41) is 3.08. The van der Waals surface area contributed by atoms with Crippen molar-refractivity contribution in [2.75, 3.05) is 17.1 Å². The quantitative estimate of drug-likeness (QED) is 0.473. The van der Waals surface area contributed by atoms with Gasteiger partial charge in [0.15, 0.2) is 5.78 Å². The van der Waals surface area contributed by atoms with Crippen LogP contribution in [0.15, 0.2) is 48.5 Å². The van der Waals surface area contributed by atoms with Crippen LogP contribution >= 0.6 is 0 Å². The second-order valence-corrected chi connectivity index (χ2v) is 11.8. The standard InChI is InChI=1S/C28H37N3O5S/c1-20-13-15-23(16-14-20)18-30(21(2)28(34)29-25-10-6-5-7-11-25)27(33)19-31(37(4,35)36)26-12-8-9-24(17-26)22(3)32/h8-9,12-17,21,25H,5-7,10-11,18-19H2,1-4H3,(H,29,34)/t21-/m1/s1. The van der Waals surface area contributed by atoms with Gasteiger partial charge in [0.25, 0.3) is 0 Å². The molecule has 0 aliphatic heterocycles. The third-order valence-corrected chi connectivity index (χ3v) is 7.95. The molecule has 0 bridgehead atoms. The smallest absolute Gasteiger partial charge is 0.244 e. The summed E-state index contributed by atoms with van der Waals surface area (Å²) in [6.07, 6.45) is 6.13. The third kappa shape index (κ3) is 7.89. The molecule has 0 spiro atoms. The largest absolute Gasteiger partial charge is 0.352 e. The minimum absolute atomic E-state index is 0.0851. The SMILES string of the molecule is CC(=O)c1cccc(N(CC(=O)N(Cc2ccc(C)cc2)[C@H](C)C(=O)NC2CCCCC2)S(C)(=O)=O)c1. The maximum atomic E-state index is 13.7. The Morgan fingerprint density at radius 2 is 1.68 bits per heavy atom. The van der Waals surface area contributed by atoms with Crippen molar-refractivity contribution in [3.63, 3.8) is 0 Å². The van der Waals surface area contributed by atoms with E-state index in [1.807, 2.05) is 31.2 Å². The van der Waals surface area contributed by atoms with Crippen molar-refractivity contribution in [3.8, 4) is 0 Å². The van der Waals surface area contributed by atoms with Crippen molar-refractivity contribution in [2.45, 2.75) is 71.5 Å². The van der Waals surface area contributed by atoms with Gasteiger partial charge in [0.1, 0.15) is 12.6 Å². The molecule has 1 atom stereocenters. The number of aryl methyl sites for hydroxylation is 1. The molecule has 1 fully saturated rings. The van der Waals surface area contributed by atoms with Crippen LogP contribution in [0.3, 0.4) is 0 Å². The van der Waals surface area contributed by atoms with Crippen LogP contribution in [0.1, 0.15) is 67.4 Å². The highest BCUT2D eigenvalue weighted by molar-refractivity contribution is 7.92. The molecule has 1 aliphatic rings. The normalized spacial score (nSPS) is 15.0. The van der Waals surface area contributed by atoms with Gasteiger partial charge < -0.3 is 10.2 Å². The summed E-state index contributed by atoms with van der Waals surface area (Å²) in [5.41, 5.74) is 2.47. The molecular weight excluding hydrogens is 490 g/mol. The van der Waals surface area contributed by atoms with E-state index in [0.29, 0.717) is 5.56 Å². The van der Waals surface area contributed by atoms with Gasteiger partial charge in [0.2, 0.25) is 21.8 Å². The van der Waals surface area contributed by atoms with Crippen molar-refractivity contribution in [3.05, 3.63) is 65.2 Å². The Balaban J connectivity index is 1.89. The minimum Gasteiger partial charge on any atom is -0.352 e. The van der Waals surface area contributed by atoms with E-state index in [4.69, 9.17) is 0 Å². The molecule has 9 heteroatoms. The minimum atomic E-state index is -3.86. The van der Waals surface area contributed by atoms with Gasteiger partial charge in [0.05, 0.1) is 11.9 Å². The van der Waals surface area contributed by atoms with E-state index in [2.05, 4.69) is 5.32 Å². The fraction of sp³-hybridized carbons (Fsp3) is 0.464. The number of benzene rings is 2. The fourth-order valence-corrected chi connectivity index (χ4v) is 5.38. The van der Waals surface area contributed by atoms with E-state index >= 15 is 0 Å². The molecule has 2 aromatic carbocycles. The molecule has 2 aromatic rings. The van der Waals surface area contributed by atoms with Crippen molar-refractivity contribution in [1.29, 1.82) is 0 Å². The molecule has 3 rings (SSSR count). The molecule has 0 heterocycles. The molecule has 1 N–H and O–H groups in total. The predicted octanol–water partition coefficient (Wildman–Crippen LogP) is 3.83. The van der Waals surface area contributed by atoms with Crippen molar-refractivity contribution in [2.24, 2.45) is 0 Å². The highest BCUT2D eigenvalue weighted by atomic mass is 32.2. The van der Waals surface area contributed by atoms with Crippen molar-refractivity contribution >= 4 is 33.3 Å². The van der Waals surface area contributed by atoms with Crippen LogP contribution < -0.4 is 9.62 Å². The number of nitrogens with one attached hydrogen (secondary N) is 1. The number of anilines is 1. The zero-order valence-electron chi connectivity index (χ0n) is 22.1. The summed E-state index contributed by atoms with van der Waals surface area (Å²) in [6, 6.07) is 13.1. The maximum Gasteiger partial charge on any atom is 0.244 e. The number of carbonyl (C=O) groups is 3. The highest BCUT2D eigenvalue weighted by Gasteiger charge is 2.31. The lowest BCUT2D eigenvalue weighted by molar-refractivity contribution is -0.139. The molecule has 1 saturated carbocycles. The van der Waals surface area contributed by atoms with Crippen molar-refractivity contribution in [1.82, 2.24) is 10.2 Å². The number of carbonyl (C=O) groups excluding carboxylic acids is 3. The number of hydrogen-bond donors (Lipinski definition) is 1.